The van der Waals surface area contributed by atoms with E-state index in [2.05, 4.69) is 38.9 Å². The number of carbonyl (C=O) groups excluding carboxylic acids is 1. The molecule has 0 spiro atoms. The van der Waals surface area contributed by atoms with E-state index < -0.39 is 0 Å². The fourth-order valence-corrected chi connectivity index (χ4v) is 3.12. The first-order valence-corrected chi connectivity index (χ1v) is 7.16. The largest absolute Gasteiger partial charge is 0.395 e. The van der Waals surface area contributed by atoms with Gasteiger partial charge < -0.3 is 10.4 Å². The number of nitrogens with one attached hydrogen (secondary N) is 1. The van der Waals surface area contributed by atoms with Gasteiger partial charge >= 0.3 is 0 Å². The van der Waals surface area contributed by atoms with Crippen molar-refractivity contribution in [1.82, 2.24) is 4.90 Å². The van der Waals surface area contributed by atoms with Crippen LogP contribution in [0.15, 0.2) is 18.2 Å². The van der Waals surface area contributed by atoms with E-state index in [1.165, 1.54) is 5.56 Å². The molecule has 1 aromatic rings. The quantitative estimate of drug-likeness (QED) is 0.622. The van der Waals surface area contributed by atoms with E-state index in [-0.39, 0.29) is 6.61 Å². The van der Waals surface area contributed by atoms with Crippen molar-refractivity contribution < 1.29 is 9.90 Å². The number of benzene rings is 1. The Kier molecular flexibility index (Phi) is 4.96. The molecule has 18 heavy (non-hydrogen) atoms. The summed E-state index contributed by atoms with van der Waals surface area (Å²) >= 11 is 2.22. The first kappa shape index (κ1) is 13.8. The number of carbonyl (C=O) groups is 1. The topological polar surface area (TPSA) is 52.6 Å². The highest BCUT2D eigenvalue weighted by Gasteiger charge is 2.23. The van der Waals surface area contributed by atoms with Crippen molar-refractivity contribution in [2.75, 3.05) is 18.5 Å². The molecule has 0 aliphatic carbocycles. The Bertz CT molecular complexity index is 425. The molecule has 1 unspecified atom stereocenters. The number of likely N-dealkylation sites (tertiary alicyclic amines) is 1. The monoisotopic (exact) mass is 360 g/mol. The summed E-state index contributed by atoms with van der Waals surface area (Å²) in [5.74, 6) is 0. The molecule has 0 aromatic heterocycles. The van der Waals surface area contributed by atoms with Crippen molar-refractivity contribution in [3.05, 3.63) is 27.3 Å². The summed E-state index contributed by atoms with van der Waals surface area (Å²) in [5, 5.41) is 12.0. The molecule has 1 aliphatic rings. The summed E-state index contributed by atoms with van der Waals surface area (Å²) < 4.78 is 1.04. The van der Waals surface area contributed by atoms with Gasteiger partial charge in [-0.15, -0.1) is 0 Å². The second-order valence-corrected chi connectivity index (χ2v) is 5.69. The molecule has 1 atom stereocenters. The molecule has 1 heterocycles. The smallest absolute Gasteiger partial charge is 0.211 e. The molecule has 0 saturated carbocycles. The van der Waals surface area contributed by atoms with Gasteiger partial charge in [-0.3, -0.25) is 9.69 Å². The molecule has 5 heteroatoms. The summed E-state index contributed by atoms with van der Waals surface area (Å²) in [6, 6.07) is 6.34. The normalized spacial score (nSPS) is 20.0. The van der Waals surface area contributed by atoms with Crippen LogP contribution in [0.3, 0.4) is 0 Å². The maximum Gasteiger partial charge on any atom is 0.211 e. The zero-order chi connectivity index (χ0) is 13.0. The molecule has 1 aliphatic heterocycles. The lowest BCUT2D eigenvalue weighted by molar-refractivity contribution is -0.105. The van der Waals surface area contributed by atoms with Gasteiger partial charge in [0.2, 0.25) is 6.41 Å². The summed E-state index contributed by atoms with van der Waals surface area (Å²) in [4.78, 5) is 12.7. The lowest BCUT2D eigenvalue weighted by Gasteiger charge is -2.22. The van der Waals surface area contributed by atoms with Gasteiger partial charge in [-0.2, -0.15) is 0 Å². The van der Waals surface area contributed by atoms with Crippen LogP contribution >= 0.6 is 22.6 Å². The van der Waals surface area contributed by atoms with Crippen LogP contribution in [0.4, 0.5) is 5.69 Å². The highest BCUT2D eigenvalue weighted by molar-refractivity contribution is 14.1. The van der Waals surface area contributed by atoms with E-state index in [1.54, 1.807) is 0 Å². The lowest BCUT2D eigenvalue weighted by atomic mass is 10.1. The summed E-state index contributed by atoms with van der Waals surface area (Å²) in [6.07, 6.45) is 2.94. The summed E-state index contributed by atoms with van der Waals surface area (Å²) in [7, 11) is 0. The lowest BCUT2D eigenvalue weighted by Crippen LogP contribution is -2.31. The molecule has 4 nitrogen and oxygen atoms in total. The molecule has 1 fully saturated rings. The third-order valence-corrected chi connectivity index (χ3v) is 4.24. The minimum atomic E-state index is 0.238. The van der Waals surface area contributed by atoms with Gasteiger partial charge in [0.25, 0.3) is 0 Å². The molecule has 1 amide bonds. The second-order valence-electron chi connectivity index (χ2n) is 4.53. The maximum atomic E-state index is 10.4. The van der Waals surface area contributed by atoms with Crippen LogP contribution in [0, 0.1) is 3.57 Å². The predicted molar refractivity (Wildman–Crippen MR) is 79.4 cm³/mol. The predicted octanol–water partition coefficient (Wildman–Crippen LogP) is 1.82. The Morgan fingerprint density at radius 3 is 3.06 bits per heavy atom. The number of hydrogen-bond donors (Lipinski definition) is 2. The number of aliphatic hydroxyl groups is 1. The number of anilines is 1. The van der Waals surface area contributed by atoms with Crippen molar-refractivity contribution in [3.63, 3.8) is 0 Å². The number of nitrogens with zero attached hydrogens (tertiary/aromatic N) is 1. The zero-order valence-corrected chi connectivity index (χ0v) is 12.3. The van der Waals surface area contributed by atoms with E-state index in [0.29, 0.717) is 12.5 Å². The van der Waals surface area contributed by atoms with E-state index in [4.69, 9.17) is 0 Å². The SMILES string of the molecule is O=CNc1ccc(CN2CCCC2CO)cc1I. The summed E-state index contributed by atoms with van der Waals surface area (Å²) in [5.41, 5.74) is 2.06. The van der Waals surface area contributed by atoms with Gasteiger partial charge in [-0.05, 0) is 59.7 Å². The number of aliphatic hydroxyl groups excluding tert-OH is 1. The van der Waals surface area contributed by atoms with Crippen molar-refractivity contribution in [2.45, 2.75) is 25.4 Å². The van der Waals surface area contributed by atoms with Gasteiger partial charge in [0.05, 0.1) is 12.3 Å². The van der Waals surface area contributed by atoms with Gasteiger partial charge in [0.1, 0.15) is 0 Å². The van der Waals surface area contributed by atoms with E-state index in [9.17, 15) is 9.90 Å². The Morgan fingerprint density at radius 1 is 1.56 bits per heavy atom. The Hall–Kier alpha value is -0.660. The van der Waals surface area contributed by atoms with E-state index in [0.717, 1.165) is 35.2 Å². The van der Waals surface area contributed by atoms with Gasteiger partial charge in [0.15, 0.2) is 0 Å². The first-order chi connectivity index (χ1) is 8.74. The van der Waals surface area contributed by atoms with Crippen molar-refractivity contribution in [3.8, 4) is 0 Å². The zero-order valence-electron chi connectivity index (χ0n) is 10.1. The van der Waals surface area contributed by atoms with E-state index >= 15 is 0 Å². The highest BCUT2D eigenvalue weighted by Crippen LogP contribution is 2.23. The second kappa shape index (κ2) is 6.49. The molecule has 1 aromatic carbocycles. The fraction of sp³-hybridized carbons (Fsp3) is 0.462. The number of rotatable bonds is 5. The van der Waals surface area contributed by atoms with Crippen LogP contribution in [-0.4, -0.2) is 35.6 Å². The van der Waals surface area contributed by atoms with Crippen LogP contribution in [0.5, 0.6) is 0 Å². The Morgan fingerprint density at radius 2 is 2.39 bits per heavy atom. The molecule has 2 rings (SSSR count). The van der Waals surface area contributed by atoms with E-state index in [1.807, 2.05) is 12.1 Å². The third-order valence-electron chi connectivity index (χ3n) is 3.34. The number of amides is 1. The van der Waals surface area contributed by atoms with Crippen LogP contribution in [0.1, 0.15) is 18.4 Å². The highest BCUT2D eigenvalue weighted by atomic mass is 127. The third kappa shape index (κ3) is 3.21. The average molecular weight is 360 g/mol. The molecule has 0 bridgehead atoms. The minimum Gasteiger partial charge on any atom is -0.395 e. The molecular weight excluding hydrogens is 343 g/mol. The number of halogens is 1. The van der Waals surface area contributed by atoms with Crippen LogP contribution in [0.25, 0.3) is 0 Å². The summed E-state index contributed by atoms with van der Waals surface area (Å²) in [6.45, 7) is 2.15. The first-order valence-electron chi connectivity index (χ1n) is 6.08. The molecule has 1 saturated heterocycles. The van der Waals surface area contributed by atoms with Crippen molar-refractivity contribution in [2.24, 2.45) is 0 Å². The van der Waals surface area contributed by atoms with Crippen molar-refractivity contribution in [1.29, 1.82) is 0 Å². The fourth-order valence-electron chi connectivity index (χ4n) is 2.38. The number of hydrogen-bond acceptors (Lipinski definition) is 3. The maximum absolute atomic E-state index is 10.4. The molecule has 98 valence electrons. The van der Waals surface area contributed by atoms with Gasteiger partial charge in [0, 0.05) is 16.2 Å². The molecule has 0 radical (unpaired) electrons. The standard InChI is InChI=1S/C13H17IN2O2/c14-12-6-10(3-4-13(12)15-9-18)7-16-5-1-2-11(16)8-17/h3-4,6,9,11,17H,1-2,5,7-8H2,(H,15,18). The average Bonchev–Trinajstić information content (AvgIpc) is 2.80. The Labute approximate surface area is 121 Å². The molecular formula is C13H17IN2O2. The van der Waals surface area contributed by atoms with Crippen molar-refractivity contribution >= 4 is 34.7 Å². The van der Waals surface area contributed by atoms with Gasteiger partial charge in [-0.25, -0.2) is 0 Å². The van der Waals surface area contributed by atoms with Crippen LogP contribution in [0.2, 0.25) is 0 Å². The van der Waals surface area contributed by atoms with Crippen LogP contribution < -0.4 is 5.32 Å². The molecule has 2 N–H and O–H groups in total. The van der Waals surface area contributed by atoms with Crippen LogP contribution in [-0.2, 0) is 11.3 Å². The van der Waals surface area contributed by atoms with Gasteiger partial charge in [-0.1, -0.05) is 6.07 Å². The minimum absolute atomic E-state index is 0.238. The Balaban J connectivity index is 2.05.